The molecule has 0 bridgehead atoms. The van der Waals surface area contributed by atoms with Gasteiger partial charge in [-0.2, -0.15) is 0 Å². The highest BCUT2D eigenvalue weighted by atomic mass is 16.5. The van der Waals surface area contributed by atoms with Gasteiger partial charge >= 0.3 is 0 Å². The Bertz CT molecular complexity index is 353. The van der Waals surface area contributed by atoms with Crippen molar-refractivity contribution in [2.24, 2.45) is 0 Å². The zero-order valence-electron chi connectivity index (χ0n) is 8.81. The fourth-order valence-electron chi connectivity index (χ4n) is 1.32. The maximum atomic E-state index is 12.3. The summed E-state index contributed by atoms with van der Waals surface area (Å²) in [5.74, 6) is 5.18. The number of quaternary nitrogens is 1. The van der Waals surface area contributed by atoms with Crippen LogP contribution in [0.25, 0.3) is 0 Å². The zero-order valence-corrected chi connectivity index (χ0v) is 8.81. The number of nitrogens with zero attached hydrogens (tertiary/aromatic N) is 1. The van der Waals surface area contributed by atoms with Crippen molar-refractivity contribution in [1.82, 2.24) is 4.65 Å². The number of hydroxylamine groups is 2. The van der Waals surface area contributed by atoms with Gasteiger partial charge in [0.15, 0.2) is 0 Å². The summed E-state index contributed by atoms with van der Waals surface area (Å²) in [4.78, 5) is 0. The van der Waals surface area contributed by atoms with Crippen molar-refractivity contribution in [3.63, 3.8) is 0 Å². The van der Waals surface area contributed by atoms with Crippen molar-refractivity contribution >= 4 is 5.69 Å². The largest absolute Gasteiger partial charge is 0.627 e. The van der Waals surface area contributed by atoms with Gasteiger partial charge in [-0.3, -0.25) is 0 Å². The summed E-state index contributed by atoms with van der Waals surface area (Å²) in [6.07, 6.45) is 0. The van der Waals surface area contributed by atoms with E-state index in [4.69, 9.17) is 5.11 Å². The number of rotatable bonds is 3. The molecule has 0 saturated carbocycles. The van der Waals surface area contributed by atoms with Crippen LogP contribution >= 0.6 is 0 Å². The van der Waals surface area contributed by atoms with Crippen molar-refractivity contribution in [3.8, 4) is 11.8 Å². The molecule has 1 aromatic rings. The zero-order chi connectivity index (χ0) is 11.1. The molecule has 0 aliphatic heterocycles. The Hall–Kier alpha value is -1.34. The SMILES string of the molecule is CC[N+]([O-])(CC#CCO)c1ccccc1. The molecule has 1 rings (SSSR count). The Labute approximate surface area is 90.1 Å². The molecular weight excluding hydrogens is 190 g/mol. The number of para-hydroxylation sites is 1. The summed E-state index contributed by atoms with van der Waals surface area (Å²) in [6, 6.07) is 9.17. The number of aliphatic hydroxyl groups excluding tert-OH is 1. The van der Waals surface area contributed by atoms with Gasteiger partial charge in [0.25, 0.3) is 0 Å². The summed E-state index contributed by atoms with van der Waals surface area (Å²) < 4.78 is -0.464. The summed E-state index contributed by atoms with van der Waals surface area (Å²) >= 11 is 0. The number of benzene rings is 1. The molecule has 0 amide bonds. The lowest BCUT2D eigenvalue weighted by Gasteiger charge is -2.39. The van der Waals surface area contributed by atoms with Crippen LogP contribution in [0.2, 0.25) is 0 Å². The Morgan fingerprint density at radius 3 is 2.47 bits per heavy atom. The lowest BCUT2D eigenvalue weighted by Crippen LogP contribution is -2.43. The van der Waals surface area contributed by atoms with E-state index in [-0.39, 0.29) is 13.2 Å². The highest BCUT2D eigenvalue weighted by Gasteiger charge is 2.15. The quantitative estimate of drug-likeness (QED) is 0.462. The van der Waals surface area contributed by atoms with E-state index in [9.17, 15) is 5.21 Å². The number of hydrogen-bond donors (Lipinski definition) is 1. The van der Waals surface area contributed by atoms with Crippen molar-refractivity contribution in [2.45, 2.75) is 6.92 Å². The fraction of sp³-hybridized carbons (Fsp3) is 0.333. The fourth-order valence-corrected chi connectivity index (χ4v) is 1.32. The van der Waals surface area contributed by atoms with Gasteiger partial charge in [-0.25, -0.2) is 0 Å². The maximum Gasteiger partial charge on any atom is 0.145 e. The van der Waals surface area contributed by atoms with E-state index in [2.05, 4.69) is 11.8 Å². The van der Waals surface area contributed by atoms with Gasteiger partial charge in [0.2, 0.25) is 0 Å². The van der Waals surface area contributed by atoms with Gasteiger partial charge in [-0.1, -0.05) is 24.1 Å². The third kappa shape index (κ3) is 3.07. The van der Waals surface area contributed by atoms with E-state index >= 15 is 0 Å². The topological polar surface area (TPSA) is 43.3 Å². The molecule has 0 heterocycles. The summed E-state index contributed by atoms with van der Waals surface area (Å²) in [5.41, 5.74) is 0.701. The standard InChI is InChI=1S/C12H15NO2/c1-2-13(15,10-6-7-11-14)12-8-4-3-5-9-12/h3-5,8-9,14H,2,10-11H2,1H3. The molecule has 0 aliphatic carbocycles. The Kier molecular flexibility index (Phi) is 4.32. The first-order valence-corrected chi connectivity index (χ1v) is 4.93. The van der Waals surface area contributed by atoms with Crippen LogP contribution in [0, 0.1) is 17.0 Å². The van der Waals surface area contributed by atoms with Crippen LogP contribution in [0.1, 0.15) is 6.92 Å². The first-order chi connectivity index (χ1) is 7.23. The molecule has 80 valence electrons. The van der Waals surface area contributed by atoms with Crippen LogP contribution < -0.4 is 4.65 Å². The van der Waals surface area contributed by atoms with Gasteiger partial charge in [0, 0.05) is 0 Å². The lowest BCUT2D eigenvalue weighted by molar-refractivity contribution is 0.350. The average Bonchev–Trinajstić information content (AvgIpc) is 2.30. The predicted octanol–water partition coefficient (Wildman–Crippen LogP) is 1.51. The van der Waals surface area contributed by atoms with Gasteiger partial charge < -0.3 is 15.0 Å². The van der Waals surface area contributed by atoms with Crippen LogP contribution in [0.5, 0.6) is 0 Å². The normalized spacial score (nSPS) is 13.8. The minimum absolute atomic E-state index is 0.182. The highest BCUT2D eigenvalue weighted by molar-refractivity contribution is 5.44. The number of hydrogen-bond acceptors (Lipinski definition) is 2. The summed E-state index contributed by atoms with van der Waals surface area (Å²) in [7, 11) is 0. The Balaban J connectivity index is 2.85. The van der Waals surface area contributed by atoms with Crippen molar-refractivity contribution in [1.29, 1.82) is 0 Å². The van der Waals surface area contributed by atoms with E-state index in [1.807, 2.05) is 25.1 Å². The molecule has 15 heavy (non-hydrogen) atoms. The molecule has 1 N–H and O–H groups in total. The lowest BCUT2D eigenvalue weighted by atomic mass is 10.3. The van der Waals surface area contributed by atoms with E-state index in [1.165, 1.54) is 0 Å². The average molecular weight is 205 g/mol. The molecule has 0 spiro atoms. The number of aliphatic hydroxyl groups is 1. The first-order valence-electron chi connectivity index (χ1n) is 4.93. The third-order valence-corrected chi connectivity index (χ3v) is 2.28. The Morgan fingerprint density at radius 2 is 1.93 bits per heavy atom. The van der Waals surface area contributed by atoms with E-state index in [0.29, 0.717) is 12.2 Å². The third-order valence-electron chi connectivity index (χ3n) is 2.28. The van der Waals surface area contributed by atoms with E-state index < -0.39 is 4.65 Å². The molecule has 0 saturated heterocycles. The van der Waals surface area contributed by atoms with Crippen LogP contribution in [0.15, 0.2) is 30.3 Å². The van der Waals surface area contributed by atoms with E-state index in [0.717, 1.165) is 0 Å². The van der Waals surface area contributed by atoms with Crippen molar-refractivity contribution in [3.05, 3.63) is 35.5 Å². The second kappa shape index (κ2) is 5.52. The van der Waals surface area contributed by atoms with Crippen LogP contribution in [0.4, 0.5) is 5.69 Å². The first kappa shape index (κ1) is 11.7. The minimum atomic E-state index is -0.464. The van der Waals surface area contributed by atoms with E-state index in [1.54, 1.807) is 12.1 Å². The maximum absolute atomic E-state index is 12.3. The van der Waals surface area contributed by atoms with Gasteiger partial charge in [0.1, 0.15) is 18.8 Å². The molecule has 3 nitrogen and oxygen atoms in total. The monoisotopic (exact) mass is 205 g/mol. The highest BCUT2D eigenvalue weighted by Crippen LogP contribution is 2.20. The molecule has 0 radical (unpaired) electrons. The second-order valence-corrected chi connectivity index (χ2v) is 3.21. The van der Waals surface area contributed by atoms with Gasteiger partial charge in [-0.05, 0) is 25.0 Å². The molecule has 0 aromatic heterocycles. The van der Waals surface area contributed by atoms with Crippen LogP contribution in [0.3, 0.4) is 0 Å². The van der Waals surface area contributed by atoms with Gasteiger partial charge in [0.05, 0.1) is 6.54 Å². The molecule has 0 fully saturated rings. The summed E-state index contributed by atoms with van der Waals surface area (Å²) in [5, 5.41) is 20.8. The molecule has 1 aromatic carbocycles. The predicted molar refractivity (Wildman–Crippen MR) is 61.9 cm³/mol. The minimum Gasteiger partial charge on any atom is -0.627 e. The van der Waals surface area contributed by atoms with Gasteiger partial charge in [-0.15, -0.1) is 0 Å². The molecular formula is C12H15NO2. The summed E-state index contributed by atoms with van der Waals surface area (Å²) in [6.45, 7) is 2.25. The second-order valence-electron chi connectivity index (χ2n) is 3.21. The smallest absolute Gasteiger partial charge is 0.145 e. The van der Waals surface area contributed by atoms with Crippen molar-refractivity contribution < 1.29 is 5.11 Å². The molecule has 1 unspecified atom stereocenters. The molecule has 3 heteroatoms. The van der Waals surface area contributed by atoms with Crippen LogP contribution in [-0.2, 0) is 0 Å². The Morgan fingerprint density at radius 1 is 1.27 bits per heavy atom. The molecule has 1 atom stereocenters. The van der Waals surface area contributed by atoms with Crippen molar-refractivity contribution in [2.75, 3.05) is 19.7 Å². The molecule has 0 aliphatic rings. The van der Waals surface area contributed by atoms with Crippen LogP contribution in [-0.4, -0.2) is 24.8 Å².